The molecule has 0 saturated carbocycles. The van der Waals surface area contributed by atoms with E-state index in [4.69, 9.17) is 0 Å². The molecule has 1 fully saturated rings. The Bertz CT molecular complexity index is 831. The van der Waals surface area contributed by atoms with Gasteiger partial charge in [0, 0.05) is 12.0 Å². The Labute approximate surface area is 145 Å². The average Bonchev–Trinajstić information content (AvgIpc) is 2.64. The minimum absolute atomic E-state index is 0.0575. The summed E-state index contributed by atoms with van der Waals surface area (Å²) in [5.41, 5.74) is 2.12. The van der Waals surface area contributed by atoms with Crippen LogP contribution in [0.1, 0.15) is 42.9 Å². The normalized spacial score (nSPS) is 23.2. The number of carbonyl (C=O) groups excluding carboxylic acids is 1. The van der Waals surface area contributed by atoms with Crippen LogP contribution in [0.25, 0.3) is 5.57 Å². The minimum Gasteiger partial charge on any atom is -0.329 e. The Morgan fingerprint density at radius 1 is 1.04 bits per heavy atom. The summed E-state index contributed by atoms with van der Waals surface area (Å²) in [5, 5.41) is 0. The molecule has 2 atom stereocenters. The second kappa shape index (κ2) is 6.43. The monoisotopic (exact) mass is 339 g/mol. The van der Waals surface area contributed by atoms with E-state index >= 15 is 0 Å². The highest BCUT2D eigenvalue weighted by molar-refractivity contribution is 5.81. The van der Waals surface area contributed by atoms with Crippen molar-refractivity contribution in [2.75, 3.05) is 0 Å². The number of fused-ring (bicyclic) bond motifs is 1. The number of amides is 1. The van der Waals surface area contributed by atoms with Gasteiger partial charge in [0.2, 0.25) is 5.91 Å². The highest BCUT2D eigenvalue weighted by Crippen LogP contribution is 2.42. The van der Waals surface area contributed by atoms with Gasteiger partial charge in [0.15, 0.2) is 0 Å². The number of nitrogens with zero attached hydrogens (tertiary/aromatic N) is 1. The standard InChI is InChI=1S/C21H19F2NO/c22-16-9-10-19(23)18(13-16)15-11-17-7-4-8-21(25)24(17)20(12-15)14-5-2-1-3-6-14/h1-3,5-6,9-11,13,17,20H,4,7-8,12H2/t17-,20+/m1/s1. The summed E-state index contributed by atoms with van der Waals surface area (Å²) >= 11 is 0. The number of piperidine rings is 1. The lowest BCUT2D eigenvalue weighted by molar-refractivity contribution is -0.138. The Hall–Kier alpha value is -2.49. The largest absolute Gasteiger partial charge is 0.329 e. The molecule has 25 heavy (non-hydrogen) atoms. The summed E-state index contributed by atoms with van der Waals surface area (Å²) in [4.78, 5) is 14.5. The van der Waals surface area contributed by atoms with Gasteiger partial charge in [0.25, 0.3) is 0 Å². The first-order valence-electron chi connectivity index (χ1n) is 8.66. The van der Waals surface area contributed by atoms with E-state index in [1.807, 2.05) is 41.3 Å². The number of rotatable bonds is 2. The average molecular weight is 339 g/mol. The first-order valence-corrected chi connectivity index (χ1v) is 8.66. The van der Waals surface area contributed by atoms with Gasteiger partial charge in [-0.15, -0.1) is 0 Å². The molecule has 128 valence electrons. The number of benzene rings is 2. The van der Waals surface area contributed by atoms with E-state index in [1.54, 1.807) is 0 Å². The fraction of sp³-hybridized carbons (Fsp3) is 0.286. The van der Waals surface area contributed by atoms with Crippen molar-refractivity contribution in [2.45, 2.75) is 37.8 Å². The molecule has 2 aliphatic rings. The van der Waals surface area contributed by atoms with Crippen LogP contribution in [0, 0.1) is 11.6 Å². The van der Waals surface area contributed by atoms with Gasteiger partial charge in [-0.25, -0.2) is 8.78 Å². The second-order valence-corrected chi connectivity index (χ2v) is 6.71. The van der Waals surface area contributed by atoms with E-state index in [0.29, 0.717) is 18.4 Å². The first kappa shape index (κ1) is 16.0. The molecule has 2 nitrogen and oxygen atoms in total. The van der Waals surface area contributed by atoms with Crippen molar-refractivity contribution >= 4 is 11.5 Å². The molecule has 1 saturated heterocycles. The zero-order chi connectivity index (χ0) is 17.4. The van der Waals surface area contributed by atoms with E-state index in [0.717, 1.165) is 30.0 Å². The number of carbonyl (C=O) groups is 1. The lowest BCUT2D eigenvalue weighted by Gasteiger charge is -2.44. The van der Waals surface area contributed by atoms with Crippen LogP contribution in [0.15, 0.2) is 54.6 Å². The van der Waals surface area contributed by atoms with E-state index in [-0.39, 0.29) is 18.0 Å². The summed E-state index contributed by atoms with van der Waals surface area (Å²) in [6.45, 7) is 0. The van der Waals surface area contributed by atoms with E-state index in [2.05, 4.69) is 0 Å². The number of hydrogen-bond donors (Lipinski definition) is 0. The molecule has 0 bridgehead atoms. The fourth-order valence-electron chi connectivity index (χ4n) is 3.99. The number of hydrogen-bond acceptors (Lipinski definition) is 1. The third kappa shape index (κ3) is 2.97. The van der Waals surface area contributed by atoms with Crippen molar-refractivity contribution in [1.82, 2.24) is 4.90 Å². The molecule has 2 aliphatic heterocycles. The van der Waals surface area contributed by atoms with Gasteiger partial charge < -0.3 is 4.90 Å². The summed E-state index contributed by atoms with van der Waals surface area (Å²) in [6, 6.07) is 13.2. The third-order valence-corrected chi connectivity index (χ3v) is 5.14. The topological polar surface area (TPSA) is 20.3 Å². The molecule has 1 amide bonds. The van der Waals surface area contributed by atoms with Crippen molar-refractivity contribution in [3.63, 3.8) is 0 Å². The first-order chi connectivity index (χ1) is 12.1. The molecule has 0 unspecified atom stereocenters. The van der Waals surface area contributed by atoms with Gasteiger partial charge in [0.05, 0.1) is 12.1 Å². The van der Waals surface area contributed by atoms with E-state index < -0.39 is 11.6 Å². The molecule has 0 aromatic heterocycles. The SMILES string of the molecule is O=C1CCC[C@@H]2C=C(c3cc(F)ccc3F)C[C@@H](c3ccccc3)N12. The second-order valence-electron chi connectivity index (χ2n) is 6.71. The Morgan fingerprint density at radius 3 is 2.64 bits per heavy atom. The molecule has 0 spiro atoms. The molecule has 0 radical (unpaired) electrons. The van der Waals surface area contributed by atoms with Crippen molar-refractivity contribution in [3.8, 4) is 0 Å². The molecule has 0 aliphatic carbocycles. The molecule has 2 heterocycles. The zero-order valence-electron chi connectivity index (χ0n) is 13.8. The molecule has 4 rings (SSSR count). The highest BCUT2D eigenvalue weighted by atomic mass is 19.1. The molecule has 2 aromatic rings. The smallest absolute Gasteiger partial charge is 0.223 e. The van der Waals surface area contributed by atoms with Crippen molar-refractivity contribution in [3.05, 3.63) is 77.4 Å². The molecular formula is C21H19F2NO. The van der Waals surface area contributed by atoms with Crippen LogP contribution < -0.4 is 0 Å². The van der Waals surface area contributed by atoms with Gasteiger partial charge in [-0.3, -0.25) is 4.79 Å². The lowest BCUT2D eigenvalue weighted by Crippen LogP contribution is -2.47. The fourth-order valence-corrected chi connectivity index (χ4v) is 3.99. The molecule has 0 N–H and O–H groups in total. The Balaban J connectivity index is 1.79. The third-order valence-electron chi connectivity index (χ3n) is 5.14. The summed E-state index contributed by atoms with van der Waals surface area (Å²) in [5.74, 6) is -0.731. The maximum absolute atomic E-state index is 14.3. The van der Waals surface area contributed by atoms with Crippen LogP contribution in [-0.2, 0) is 4.79 Å². The predicted molar refractivity (Wildman–Crippen MR) is 92.6 cm³/mol. The predicted octanol–water partition coefficient (Wildman–Crippen LogP) is 4.87. The van der Waals surface area contributed by atoms with Crippen LogP contribution in [0.2, 0.25) is 0 Å². The van der Waals surface area contributed by atoms with Crippen LogP contribution in [0.5, 0.6) is 0 Å². The summed E-state index contributed by atoms with van der Waals surface area (Å²) < 4.78 is 28.0. The van der Waals surface area contributed by atoms with Gasteiger partial charge in [-0.05, 0) is 48.6 Å². The highest BCUT2D eigenvalue weighted by Gasteiger charge is 2.37. The van der Waals surface area contributed by atoms with Gasteiger partial charge in [-0.2, -0.15) is 0 Å². The van der Waals surface area contributed by atoms with Gasteiger partial charge in [-0.1, -0.05) is 36.4 Å². The lowest BCUT2D eigenvalue weighted by atomic mass is 9.83. The van der Waals surface area contributed by atoms with Crippen molar-refractivity contribution in [1.29, 1.82) is 0 Å². The summed E-state index contributed by atoms with van der Waals surface area (Å²) in [6.07, 6.45) is 4.69. The molecule has 4 heteroatoms. The van der Waals surface area contributed by atoms with E-state index in [9.17, 15) is 13.6 Å². The molecule has 2 aromatic carbocycles. The Morgan fingerprint density at radius 2 is 1.84 bits per heavy atom. The van der Waals surface area contributed by atoms with Crippen LogP contribution in [0.4, 0.5) is 8.78 Å². The van der Waals surface area contributed by atoms with Gasteiger partial charge in [0.1, 0.15) is 11.6 Å². The van der Waals surface area contributed by atoms with Crippen LogP contribution >= 0.6 is 0 Å². The maximum Gasteiger partial charge on any atom is 0.223 e. The van der Waals surface area contributed by atoms with Gasteiger partial charge >= 0.3 is 0 Å². The van der Waals surface area contributed by atoms with Crippen molar-refractivity contribution < 1.29 is 13.6 Å². The number of halogens is 2. The quantitative estimate of drug-likeness (QED) is 0.764. The van der Waals surface area contributed by atoms with Crippen molar-refractivity contribution in [2.24, 2.45) is 0 Å². The minimum atomic E-state index is -0.448. The Kier molecular flexibility index (Phi) is 4.12. The van der Waals surface area contributed by atoms with Crippen LogP contribution in [-0.4, -0.2) is 16.8 Å². The van der Waals surface area contributed by atoms with E-state index in [1.165, 1.54) is 12.1 Å². The van der Waals surface area contributed by atoms with Crippen LogP contribution in [0.3, 0.4) is 0 Å². The zero-order valence-corrected chi connectivity index (χ0v) is 13.8. The molecular weight excluding hydrogens is 320 g/mol. The summed E-state index contributed by atoms with van der Waals surface area (Å²) in [7, 11) is 0. The maximum atomic E-state index is 14.3.